The summed E-state index contributed by atoms with van der Waals surface area (Å²) in [6.07, 6.45) is 11.6. The van der Waals surface area contributed by atoms with Crippen molar-refractivity contribution in [1.29, 1.82) is 0 Å². The highest BCUT2D eigenvalue weighted by Crippen LogP contribution is 2.61. The molecule has 4 saturated carbocycles. The van der Waals surface area contributed by atoms with Crippen molar-refractivity contribution >= 4 is 11.8 Å². The van der Waals surface area contributed by atoms with Crippen molar-refractivity contribution in [2.24, 2.45) is 23.2 Å². The van der Waals surface area contributed by atoms with Gasteiger partial charge in [-0.2, -0.15) is 0 Å². The third-order valence-corrected chi connectivity index (χ3v) is 7.67. The molecule has 1 heterocycles. The average molecular weight is 376 g/mol. The zero-order valence-corrected chi connectivity index (χ0v) is 17.0. The van der Waals surface area contributed by atoms with Crippen LogP contribution >= 0.6 is 0 Å². The predicted molar refractivity (Wildman–Crippen MR) is 106 cm³/mol. The topological polar surface area (TPSA) is 61.4 Å². The maximum Gasteiger partial charge on any atom is 0.242 e. The first-order chi connectivity index (χ1) is 13.1. The van der Waals surface area contributed by atoms with E-state index in [4.69, 9.17) is 0 Å². The normalized spacial score (nSPS) is 35.2. The highest BCUT2D eigenvalue weighted by Gasteiger charge is 2.51. The molecule has 5 fully saturated rings. The number of piperidine rings is 1. The SMILES string of the molecule is CCCN(C(=O)CNC(=O)CC12CC3CC(CC(C3)C1)C2)C1CCNCC1. The molecule has 2 amide bonds. The van der Waals surface area contributed by atoms with E-state index >= 15 is 0 Å². The summed E-state index contributed by atoms with van der Waals surface area (Å²) in [5.74, 6) is 2.80. The van der Waals surface area contributed by atoms with Gasteiger partial charge in [0.1, 0.15) is 0 Å². The van der Waals surface area contributed by atoms with Crippen LogP contribution in [-0.2, 0) is 9.59 Å². The van der Waals surface area contributed by atoms with Gasteiger partial charge < -0.3 is 15.5 Å². The Balaban J connectivity index is 1.28. The zero-order valence-electron chi connectivity index (χ0n) is 17.0. The van der Waals surface area contributed by atoms with Gasteiger partial charge in [0.15, 0.2) is 0 Å². The number of hydrogen-bond donors (Lipinski definition) is 2. The number of nitrogens with zero attached hydrogens (tertiary/aromatic N) is 1. The molecule has 0 aromatic rings. The number of carbonyl (C=O) groups is 2. The van der Waals surface area contributed by atoms with E-state index in [1.807, 2.05) is 4.90 Å². The Morgan fingerprint density at radius 3 is 2.19 bits per heavy atom. The fourth-order valence-electron chi connectivity index (χ4n) is 7.06. The van der Waals surface area contributed by atoms with Crippen molar-refractivity contribution in [2.45, 2.75) is 77.2 Å². The summed E-state index contributed by atoms with van der Waals surface area (Å²) in [4.78, 5) is 27.5. The van der Waals surface area contributed by atoms with Crippen molar-refractivity contribution in [2.75, 3.05) is 26.2 Å². The fraction of sp³-hybridized carbons (Fsp3) is 0.909. The smallest absolute Gasteiger partial charge is 0.242 e. The lowest BCUT2D eigenvalue weighted by Crippen LogP contribution is -2.51. The van der Waals surface area contributed by atoms with Crippen molar-refractivity contribution in [3.8, 4) is 0 Å². The number of hydrogen-bond acceptors (Lipinski definition) is 3. The molecular weight excluding hydrogens is 338 g/mol. The molecule has 4 aliphatic carbocycles. The molecule has 5 heteroatoms. The van der Waals surface area contributed by atoms with E-state index in [-0.39, 0.29) is 23.8 Å². The molecule has 0 atom stereocenters. The lowest BCUT2D eigenvalue weighted by molar-refractivity contribution is -0.137. The summed E-state index contributed by atoms with van der Waals surface area (Å²) >= 11 is 0. The highest BCUT2D eigenvalue weighted by molar-refractivity contribution is 5.85. The van der Waals surface area contributed by atoms with Gasteiger partial charge in [0.05, 0.1) is 6.54 Å². The van der Waals surface area contributed by atoms with Crippen LogP contribution in [-0.4, -0.2) is 48.9 Å². The van der Waals surface area contributed by atoms with Crippen molar-refractivity contribution in [3.05, 3.63) is 0 Å². The summed E-state index contributed by atoms with van der Waals surface area (Å²) in [6.45, 7) is 5.06. The molecule has 1 aliphatic heterocycles. The molecule has 0 aromatic carbocycles. The molecule has 0 radical (unpaired) electrons. The number of carbonyl (C=O) groups excluding carboxylic acids is 2. The van der Waals surface area contributed by atoms with E-state index in [0.717, 1.165) is 56.7 Å². The third kappa shape index (κ3) is 4.33. The second kappa shape index (κ2) is 8.10. The van der Waals surface area contributed by atoms with Crippen LogP contribution in [0.4, 0.5) is 0 Å². The van der Waals surface area contributed by atoms with Crippen LogP contribution in [0, 0.1) is 23.2 Å². The monoisotopic (exact) mass is 375 g/mol. The summed E-state index contributed by atoms with van der Waals surface area (Å²) in [7, 11) is 0. The standard InChI is InChI=1S/C22H37N3O2/c1-2-7-25(19-3-5-23-6-4-19)21(27)15-24-20(26)14-22-11-16-8-17(12-22)10-18(9-16)13-22/h16-19,23H,2-15H2,1H3,(H,24,26). The molecule has 5 aliphatic rings. The van der Waals surface area contributed by atoms with E-state index in [0.29, 0.717) is 12.5 Å². The second-order valence-corrected chi connectivity index (χ2v) is 9.94. The molecule has 152 valence electrons. The van der Waals surface area contributed by atoms with Gasteiger partial charge in [0, 0.05) is 19.0 Å². The number of nitrogens with one attached hydrogen (secondary N) is 2. The minimum atomic E-state index is 0.0996. The Kier molecular flexibility index (Phi) is 5.77. The predicted octanol–water partition coefficient (Wildman–Crippen LogP) is 2.70. The van der Waals surface area contributed by atoms with Gasteiger partial charge in [-0.3, -0.25) is 9.59 Å². The van der Waals surface area contributed by atoms with Crippen molar-refractivity contribution in [1.82, 2.24) is 15.5 Å². The molecule has 1 saturated heterocycles. The minimum Gasteiger partial charge on any atom is -0.347 e. The summed E-state index contributed by atoms with van der Waals surface area (Å²) in [6, 6.07) is 0.332. The maximum absolute atomic E-state index is 12.8. The second-order valence-electron chi connectivity index (χ2n) is 9.94. The van der Waals surface area contributed by atoms with Crippen LogP contribution in [0.3, 0.4) is 0 Å². The minimum absolute atomic E-state index is 0.0996. The van der Waals surface area contributed by atoms with Crippen molar-refractivity contribution in [3.63, 3.8) is 0 Å². The number of amides is 2. The quantitative estimate of drug-likeness (QED) is 0.719. The van der Waals surface area contributed by atoms with Gasteiger partial charge in [0.25, 0.3) is 0 Å². The molecule has 27 heavy (non-hydrogen) atoms. The maximum atomic E-state index is 12.8. The Bertz CT molecular complexity index is 520. The highest BCUT2D eigenvalue weighted by atomic mass is 16.2. The van der Waals surface area contributed by atoms with Crippen LogP contribution in [0.15, 0.2) is 0 Å². The Hall–Kier alpha value is -1.10. The van der Waals surface area contributed by atoms with E-state index in [1.165, 1.54) is 38.5 Å². The van der Waals surface area contributed by atoms with E-state index < -0.39 is 0 Å². The van der Waals surface area contributed by atoms with Gasteiger partial charge >= 0.3 is 0 Å². The van der Waals surface area contributed by atoms with E-state index in [1.54, 1.807) is 0 Å². The largest absolute Gasteiger partial charge is 0.347 e. The summed E-state index contributed by atoms with van der Waals surface area (Å²) < 4.78 is 0. The molecule has 4 bridgehead atoms. The average Bonchev–Trinajstić information content (AvgIpc) is 2.63. The first-order valence-corrected chi connectivity index (χ1v) is 11.3. The number of rotatable bonds is 7. The van der Waals surface area contributed by atoms with E-state index in [9.17, 15) is 9.59 Å². The van der Waals surface area contributed by atoms with Crippen LogP contribution in [0.25, 0.3) is 0 Å². The lowest BCUT2D eigenvalue weighted by atomic mass is 9.49. The lowest BCUT2D eigenvalue weighted by Gasteiger charge is -2.56. The molecule has 0 unspecified atom stereocenters. The molecular formula is C22H37N3O2. The van der Waals surface area contributed by atoms with Crippen molar-refractivity contribution < 1.29 is 9.59 Å². The first kappa shape index (κ1) is 19.2. The third-order valence-electron chi connectivity index (χ3n) is 7.67. The Morgan fingerprint density at radius 1 is 1.04 bits per heavy atom. The van der Waals surface area contributed by atoms with E-state index in [2.05, 4.69) is 17.6 Å². The van der Waals surface area contributed by atoms with Gasteiger partial charge in [-0.1, -0.05) is 6.92 Å². The van der Waals surface area contributed by atoms with Gasteiger partial charge in [-0.15, -0.1) is 0 Å². The summed E-state index contributed by atoms with van der Waals surface area (Å²) in [5, 5.41) is 6.35. The van der Waals surface area contributed by atoms with Crippen LogP contribution in [0.1, 0.15) is 71.1 Å². The molecule has 0 spiro atoms. The fourth-order valence-corrected chi connectivity index (χ4v) is 7.06. The molecule has 5 rings (SSSR count). The first-order valence-electron chi connectivity index (χ1n) is 11.3. The Labute approximate surface area is 164 Å². The van der Waals surface area contributed by atoms with Crippen LogP contribution < -0.4 is 10.6 Å². The Morgan fingerprint density at radius 2 is 1.63 bits per heavy atom. The molecule has 0 aromatic heterocycles. The van der Waals surface area contributed by atoms with Gasteiger partial charge in [-0.05, 0) is 94.0 Å². The zero-order chi connectivity index (χ0) is 18.9. The van der Waals surface area contributed by atoms with Gasteiger partial charge in [0.2, 0.25) is 11.8 Å². The van der Waals surface area contributed by atoms with Gasteiger partial charge in [-0.25, -0.2) is 0 Å². The van der Waals surface area contributed by atoms with Crippen LogP contribution in [0.5, 0.6) is 0 Å². The van der Waals surface area contributed by atoms with Crippen LogP contribution in [0.2, 0.25) is 0 Å². The molecule has 2 N–H and O–H groups in total. The summed E-state index contributed by atoms with van der Waals surface area (Å²) in [5.41, 5.74) is 0.250. The molecule has 5 nitrogen and oxygen atoms in total.